The molecule has 0 amide bonds. The summed E-state index contributed by atoms with van der Waals surface area (Å²) in [5, 5.41) is 3.37. The standard InChI is InChI=1S/C15H25N3O/c1-2-19-14-5-3-13(4-6-14)15(16)7-10-18-11-8-17-9-12-18/h3-6,15,17H,2,7-12,16H2,1H3. The van der Waals surface area contributed by atoms with Gasteiger partial charge in [-0.3, -0.25) is 0 Å². The zero-order valence-corrected chi connectivity index (χ0v) is 11.8. The molecule has 0 radical (unpaired) electrons. The van der Waals surface area contributed by atoms with Crippen LogP contribution in [0.15, 0.2) is 24.3 Å². The second kappa shape index (κ2) is 7.48. The van der Waals surface area contributed by atoms with E-state index in [1.165, 1.54) is 5.56 Å². The van der Waals surface area contributed by atoms with Crippen molar-refractivity contribution in [2.24, 2.45) is 5.73 Å². The van der Waals surface area contributed by atoms with Crippen LogP contribution < -0.4 is 15.8 Å². The molecule has 0 saturated carbocycles. The van der Waals surface area contributed by atoms with E-state index in [0.717, 1.165) is 44.9 Å². The Bertz CT molecular complexity index is 360. The third kappa shape index (κ3) is 4.49. The van der Waals surface area contributed by atoms with Crippen LogP contribution in [0, 0.1) is 0 Å². The molecule has 0 bridgehead atoms. The average Bonchev–Trinajstić information content (AvgIpc) is 2.47. The van der Waals surface area contributed by atoms with Gasteiger partial charge in [0.25, 0.3) is 0 Å². The summed E-state index contributed by atoms with van der Waals surface area (Å²) < 4.78 is 5.44. The lowest BCUT2D eigenvalue weighted by Crippen LogP contribution is -2.44. The third-order valence-corrected chi connectivity index (χ3v) is 3.59. The third-order valence-electron chi connectivity index (χ3n) is 3.59. The monoisotopic (exact) mass is 263 g/mol. The van der Waals surface area contributed by atoms with Crippen LogP contribution in [0.1, 0.15) is 24.9 Å². The number of nitrogens with two attached hydrogens (primary N) is 1. The maximum atomic E-state index is 6.25. The topological polar surface area (TPSA) is 50.5 Å². The van der Waals surface area contributed by atoms with Gasteiger partial charge in [0.2, 0.25) is 0 Å². The van der Waals surface area contributed by atoms with Crippen molar-refractivity contribution in [3.8, 4) is 5.75 Å². The van der Waals surface area contributed by atoms with Crippen molar-refractivity contribution in [2.45, 2.75) is 19.4 Å². The van der Waals surface area contributed by atoms with Gasteiger partial charge in [0, 0.05) is 38.8 Å². The molecule has 4 nitrogen and oxygen atoms in total. The van der Waals surface area contributed by atoms with Gasteiger partial charge in [0.05, 0.1) is 6.61 Å². The smallest absolute Gasteiger partial charge is 0.119 e. The van der Waals surface area contributed by atoms with Gasteiger partial charge < -0.3 is 20.7 Å². The van der Waals surface area contributed by atoms with E-state index in [1.54, 1.807) is 0 Å². The average molecular weight is 263 g/mol. The molecule has 0 aliphatic carbocycles. The number of benzene rings is 1. The molecule has 1 fully saturated rings. The number of hydrogen-bond donors (Lipinski definition) is 2. The molecule has 1 aliphatic rings. The Hall–Kier alpha value is -1.10. The molecule has 0 aromatic heterocycles. The van der Waals surface area contributed by atoms with Crippen molar-refractivity contribution >= 4 is 0 Å². The van der Waals surface area contributed by atoms with Gasteiger partial charge in [-0.25, -0.2) is 0 Å². The van der Waals surface area contributed by atoms with Crippen LogP contribution in [0.5, 0.6) is 5.75 Å². The fourth-order valence-electron chi connectivity index (χ4n) is 2.40. The number of ether oxygens (including phenoxy) is 1. The summed E-state index contributed by atoms with van der Waals surface area (Å²) in [7, 11) is 0. The predicted octanol–water partition coefficient (Wildman–Crippen LogP) is 1.38. The zero-order valence-electron chi connectivity index (χ0n) is 11.8. The maximum Gasteiger partial charge on any atom is 0.119 e. The quantitative estimate of drug-likeness (QED) is 0.814. The van der Waals surface area contributed by atoms with Crippen molar-refractivity contribution in [3.05, 3.63) is 29.8 Å². The first-order chi connectivity index (χ1) is 9.29. The largest absolute Gasteiger partial charge is 0.494 e. The lowest BCUT2D eigenvalue weighted by molar-refractivity contribution is 0.233. The van der Waals surface area contributed by atoms with E-state index in [-0.39, 0.29) is 6.04 Å². The van der Waals surface area contributed by atoms with Crippen LogP contribution in [-0.2, 0) is 0 Å². The summed E-state index contributed by atoms with van der Waals surface area (Å²) in [6.45, 7) is 8.24. The predicted molar refractivity (Wildman–Crippen MR) is 78.5 cm³/mol. The molecular formula is C15H25N3O. The number of rotatable bonds is 6. The fourth-order valence-corrected chi connectivity index (χ4v) is 2.40. The highest BCUT2D eigenvalue weighted by Gasteiger charge is 2.12. The molecule has 1 aliphatic heterocycles. The molecular weight excluding hydrogens is 238 g/mol. The Morgan fingerprint density at radius 2 is 1.95 bits per heavy atom. The summed E-state index contributed by atoms with van der Waals surface area (Å²) in [5.74, 6) is 0.917. The Labute approximate surface area is 115 Å². The molecule has 19 heavy (non-hydrogen) atoms. The highest BCUT2D eigenvalue weighted by atomic mass is 16.5. The second-order valence-corrected chi connectivity index (χ2v) is 4.99. The normalized spacial score (nSPS) is 18.2. The SMILES string of the molecule is CCOc1ccc(C(N)CCN2CCNCC2)cc1. The van der Waals surface area contributed by atoms with Crippen LogP contribution in [0.2, 0.25) is 0 Å². The van der Waals surface area contributed by atoms with Crippen molar-refractivity contribution in [2.75, 3.05) is 39.3 Å². The number of hydrogen-bond acceptors (Lipinski definition) is 4. The minimum Gasteiger partial charge on any atom is -0.494 e. The van der Waals surface area contributed by atoms with Gasteiger partial charge in [0.1, 0.15) is 5.75 Å². The molecule has 0 spiro atoms. The van der Waals surface area contributed by atoms with Gasteiger partial charge in [-0.15, -0.1) is 0 Å². The minimum absolute atomic E-state index is 0.116. The molecule has 1 saturated heterocycles. The maximum absolute atomic E-state index is 6.25. The van der Waals surface area contributed by atoms with Crippen molar-refractivity contribution < 1.29 is 4.74 Å². The van der Waals surface area contributed by atoms with Gasteiger partial charge in [0.15, 0.2) is 0 Å². The highest BCUT2D eigenvalue weighted by molar-refractivity contribution is 5.29. The van der Waals surface area contributed by atoms with Gasteiger partial charge in [-0.1, -0.05) is 12.1 Å². The minimum atomic E-state index is 0.116. The van der Waals surface area contributed by atoms with E-state index in [9.17, 15) is 0 Å². The van der Waals surface area contributed by atoms with E-state index in [1.807, 2.05) is 19.1 Å². The molecule has 1 unspecified atom stereocenters. The fraction of sp³-hybridized carbons (Fsp3) is 0.600. The van der Waals surface area contributed by atoms with Crippen LogP contribution in [-0.4, -0.2) is 44.2 Å². The van der Waals surface area contributed by atoms with E-state index in [0.29, 0.717) is 6.61 Å². The molecule has 3 N–H and O–H groups in total. The van der Waals surface area contributed by atoms with Crippen molar-refractivity contribution in [1.82, 2.24) is 10.2 Å². The van der Waals surface area contributed by atoms with Crippen LogP contribution in [0.4, 0.5) is 0 Å². The molecule has 2 rings (SSSR count). The summed E-state index contributed by atoms with van der Waals surface area (Å²) >= 11 is 0. The molecule has 4 heteroatoms. The van der Waals surface area contributed by atoms with E-state index >= 15 is 0 Å². The van der Waals surface area contributed by atoms with E-state index in [2.05, 4.69) is 22.3 Å². The summed E-state index contributed by atoms with van der Waals surface area (Å²) in [5.41, 5.74) is 7.45. The van der Waals surface area contributed by atoms with Crippen molar-refractivity contribution in [3.63, 3.8) is 0 Å². The molecule has 1 aromatic carbocycles. The number of nitrogens with zero attached hydrogens (tertiary/aromatic N) is 1. The van der Waals surface area contributed by atoms with Crippen molar-refractivity contribution in [1.29, 1.82) is 0 Å². The molecule has 106 valence electrons. The highest BCUT2D eigenvalue weighted by Crippen LogP contribution is 2.18. The molecule has 1 aromatic rings. The zero-order chi connectivity index (χ0) is 13.5. The first kappa shape index (κ1) is 14.3. The summed E-state index contributed by atoms with van der Waals surface area (Å²) in [6.07, 6.45) is 1.01. The Morgan fingerprint density at radius 3 is 2.58 bits per heavy atom. The Balaban J connectivity index is 1.79. The van der Waals surface area contributed by atoms with Gasteiger partial charge in [-0.05, 0) is 31.0 Å². The van der Waals surface area contributed by atoms with Gasteiger partial charge >= 0.3 is 0 Å². The second-order valence-electron chi connectivity index (χ2n) is 4.99. The Morgan fingerprint density at radius 1 is 1.26 bits per heavy atom. The molecule has 1 atom stereocenters. The van der Waals surface area contributed by atoms with E-state index < -0.39 is 0 Å². The summed E-state index contributed by atoms with van der Waals surface area (Å²) in [6, 6.07) is 8.28. The lowest BCUT2D eigenvalue weighted by Gasteiger charge is -2.28. The Kier molecular flexibility index (Phi) is 5.63. The first-order valence-corrected chi connectivity index (χ1v) is 7.21. The number of nitrogens with one attached hydrogen (secondary N) is 1. The summed E-state index contributed by atoms with van der Waals surface area (Å²) in [4.78, 5) is 2.48. The number of piperazine rings is 1. The molecule has 1 heterocycles. The van der Waals surface area contributed by atoms with E-state index in [4.69, 9.17) is 10.5 Å². The van der Waals surface area contributed by atoms with Crippen LogP contribution in [0.3, 0.4) is 0 Å². The van der Waals surface area contributed by atoms with Crippen LogP contribution in [0.25, 0.3) is 0 Å². The first-order valence-electron chi connectivity index (χ1n) is 7.21. The van der Waals surface area contributed by atoms with Gasteiger partial charge in [-0.2, -0.15) is 0 Å². The lowest BCUT2D eigenvalue weighted by atomic mass is 10.0. The van der Waals surface area contributed by atoms with Crippen LogP contribution >= 0.6 is 0 Å².